The van der Waals surface area contributed by atoms with E-state index in [2.05, 4.69) is 33.8 Å². The minimum absolute atomic E-state index is 0.111. The van der Waals surface area contributed by atoms with Gasteiger partial charge in [0.1, 0.15) is 6.10 Å². The number of esters is 1. The number of ether oxygens (including phenoxy) is 1. The molecule has 0 bridgehead atoms. The molecular weight excluding hydrogens is 288 g/mol. The molecule has 3 heteroatoms. The van der Waals surface area contributed by atoms with Gasteiger partial charge in [-0.1, -0.05) is 43.2 Å². The topological polar surface area (TPSA) is 46.5 Å². The van der Waals surface area contributed by atoms with Gasteiger partial charge in [0, 0.05) is 17.9 Å². The summed E-state index contributed by atoms with van der Waals surface area (Å²) >= 11 is 0. The maximum atomic E-state index is 12.2. The van der Waals surface area contributed by atoms with Gasteiger partial charge in [0.25, 0.3) is 0 Å². The largest absolute Gasteiger partial charge is 0.458 e. The predicted molar refractivity (Wildman–Crippen MR) is 95.0 cm³/mol. The van der Waals surface area contributed by atoms with Crippen molar-refractivity contribution in [2.45, 2.75) is 73.0 Å². The first-order valence-corrected chi connectivity index (χ1v) is 8.61. The van der Waals surface area contributed by atoms with Crippen molar-refractivity contribution in [3.05, 3.63) is 34.9 Å². The van der Waals surface area contributed by atoms with Crippen LogP contribution in [-0.2, 0) is 9.53 Å². The molecule has 0 unspecified atom stereocenters. The Bertz CT molecular complexity index is 497. The lowest BCUT2D eigenvalue weighted by atomic mass is 9.81. The van der Waals surface area contributed by atoms with Gasteiger partial charge in [-0.2, -0.15) is 0 Å². The summed E-state index contributed by atoms with van der Waals surface area (Å²) in [5, 5.41) is 10.7. The summed E-state index contributed by atoms with van der Waals surface area (Å²) in [6.07, 6.45) is 7.60. The van der Waals surface area contributed by atoms with Crippen molar-refractivity contribution < 1.29 is 14.6 Å². The lowest BCUT2D eigenvalue weighted by Crippen LogP contribution is -2.38. The molecular formula is C20H32O3. The second-order valence-electron chi connectivity index (χ2n) is 7.03. The molecule has 0 spiro atoms. The number of aliphatic hydroxyl groups is 1. The van der Waals surface area contributed by atoms with Crippen LogP contribution < -0.4 is 0 Å². The van der Waals surface area contributed by atoms with Crippen molar-refractivity contribution in [3.63, 3.8) is 0 Å². The summed E-state index contributed by atoms with van der Waals surface area (Å²) in [4.78, 5) is 12.2. The quantitative estimate of drug-likeness (QED) is 0.470. The third-order valence-electron chi connectivity index (χ3n) is 4.62. The lowest BCUT2D eigenvalue weighted by molar-refractivity contribution is -0.150. The molecule has 3 nitrogen and oxygen atoms in total. The van der Waals surface area contributed by atoms with Crippen molar-refractivity contribution in [1.29, 1.82) is 0 Å². The molecule has 3 atom stereocenters. The van der Waals surface area contributed by atoms with Gasteiger partial charge in [-0.3, -0.25) is 0 Å². The van der Waals surface area contributed by atoms with Crippen LogP contribution >= 0.6 is 0 Å². The van der Waals surface area contributed by atoms with Gasteiger partial charge in [0.05, 0.1) is 6.10 Å². The summed E-state index contributed by atoms with van der Waals surface area (Å²) in [7, 11) is 0. The molecule has 0 aliphatic heterocycles. The van der Waals surface area contributed by atoms with E-state index in [1.807, 2.05) is 13.0 Å². The van der Waals surface area contributed by atoms with Crippen molar-refractivity contribution in [3.8, 4) is 0 Å². The van der Waals surface area contributed by atoms with E-state index in [9.17, 15) is 9.90 Å². The van der Waals surface area contributed by atoms with Crippen molar-refractivity contribution in [1.82, 2.24) is 0 Å². The van der Waals surface area contributed by atoms with Crippen LogP contribution in [0.5, 0.6) is 0 Å². The minimum atomic E-state index is -0.593. The van der Waals surface area contributed by atoms with Gasteiger partial charge >= 0.3 is 5.97 Å². The highest BCUT2D eigenvalue weighted by molar-refractivity contribution is 5.87. The molecule has 0 aromatic carbocycles. The second-order valence-corrected chi connectivity index (χ2v) is 7.03. The van der Waals surface area contributed by atoms with Gasteiger partial charge in [-0.25, -0.2) is 4.79 Å². The summed E-state index contributed by atoms with van der Waals surface area (Å²) in [6.45, 7) is 11.9. The maximum Gasteiger partial charge on any atom is 0.333 e. The number of carbonyl (C=O) groups is 1. The van der Waals surface area contributed by atoms with Gasteiger partial charge in [-0.15, -0.1) is 0 Å². The summed E-state index contributed by atoms with van der Waals surface area (Å²) in [5.74, 6) is -0.189. The van der Waals surface area contributed by atoms with E-state index in [-0.39, 0.29) is 23.9 Å². The van der Waals surface area contributed by atoms with Crippen LogP contribution in [0.15, 0.2) is 34.9 Å². The number of aliphatic hydroxyl groups excluding tert-OH is 1. The van der Waals surface area contributed by atoms with E-state index in [4.69, 9.17) is 4.74 Å². The molecule has 0 saturated carbocycles. The first-order valence-electron chi connectivity index (χ1n) is 8.61. The van der Waals surface area contributed by atoms with Crippen LogP contribution in [0.1, 0.15) is 60.8 Å². The Morgan fingerprint density at radius 1 is 1.35 bits per heavy atom. The number of allylic oxidation sites excluding steroid dienone is 3. The number of hydrogen-bond acceptors (Lipinski definition) is 3. The monoisotopic (exact) mass is 320 g/mol. The number of hydrogen-bond donors (Lipinski definition) is 1. The molecule has 1 rings (SSSR count). The highest BCUT2D eigenvalue weighted by Crippen LogP contribution is 2.30. The normalized spacial score (nSPS) is 27.3. The lowest BCUT2D eigenvalue weighted by Gasteiger charge is -2.33. The van der Waals surface area contributed by atoms with Crippen molar-refractivity contribution >= 4 is 5.97 Å². The van der Waals surface area contributed by atoms with Gasteiger partial charge in [-0.05, 0) is 46.5 Å². The average molecular weight is 320 g/mol. The highest BCUT2D eigenvalue weighted by Gasteiger charge is 2.33. The highest BCUT2D eigenvalue weighted by atomic mass is 16.5. The molecule has 23 heavy (non-hydrogen) atoms. The van der Waals surface area contributed by atoms with Gasteiger partial charge in [0.15, 0.2) is 0 Å². The smallest absolute Gasteiger partial charge is 0.333 e. The van der Waals surface area contributed by atoms with E-state index in [0.717, 1.165) is 12.8 Å². The fourth-order valence-corrected chi connectivity index (χ4v) is 3.08. The Hall–Kier alpha value is -1.35. The Kier molecular flexibility index (Phi) is 7.77. The van der Waals surface area contributed by atoms with E-state index < -0.39 is 6.10 Å². The Morgan fingerprint density at radius 3 is 2.57 bits per heavy atom. The van der Waals surface area contributed by atoms with Crippen LogP contribution in [0, 0.1) is 11.8 Å². The SMILES string of the molecule is CC=C(C)C(=O)O[C@H]1CC(C)=CCCC(C)=C[C@H](O)[C@H]1C(C)C. The molecule has 130 valence electrons. The van der Waals surface area contributed by atoms with Crippen molar-refractivity contribution in [2.75, 3.05) is 0 Å². The summed E-state index contributed by atoms with van der Waals surface area (Å²) in [6, 6.07) is 0. The molecule has 0 fully saturated rings. The van der Waals surface area contributed by atoms with Crippen LogP contribution in [0.25, 0.3) is 0 Å². The standard InChI is InChI=1S/C20H32O3/c1-7-16(6)20(22)23-18-12-15(5)10-8-9-14(4)11-17(21)19(18)13(2)3/h7,10-11,13,17-19,21H,8-9,12H2,1-6H3/t17-,18-,19+/m0/s1. The molecule has 0 heterocycles. The average Bonchev–Trinajstić information content (AvgIpc) is 2.44. The first-order chi connectivity index (χ1) is 10.8. The summed E-state index contributed by atoms with van der Waals surface area (Å²) in [5.41, 5.74) is 3.00. The van der Waals surface area contributed by atoms with Gasteiger partial charge in [0.2, 0.25) is 0 Å². The zero-order valence-electron chi connectivity index (χ0n) is 15.4. The van der Waals surface area contributed by atoms with E-state index in [1.165, 1.54) is 11.1 Å². The molecule has 1 N–H and O–H groups in total. The van der Waals surface area contributed by atoms with E-state index in [1.54, 1.807) is 13.0 Å². The Morgan fingerprint density at radius 2 is 2.00 bits per heavy atom. The molecule has 1 aliphatic rings. The first kappa shape index (κ1) is 19.7. The van der Waals surface area contributed by atoms with E-state index in [0.29, 0.717) is 12.0 Å². The number of carbonyl (C=O) groups excluding carboxylic acids is 1. The number of rotatable bonds is 3. The molecule has 0 aromatic rings. The van der Waals surface area contributed by atoms with Crippen LogP contribution in [0.2, 0.25) is 0 Å². The molecule has 0 saturated heterocycles. The molecule has 0 amide bonds. The van der Waals surface area contributed by atoms with Gasteiger partial charge < -0.3 is 9.84 Å². The molecule has 1 aliphatic carbocycles. The summed E-state index contributed by atoms with van der Waals surface area (Å²) < 4.78 is 5.79. The minimum Gasteiger partial charge on any atom is -0.458 e. The molecule has 0 radical (unpaired) electrons. The Labute approximate surface area is 141 Å². The fraction of sp³-hybridized carbons (Fsp3) is 0.650. The van der Waals surface area contributed by atoms with Crippen LogP contribution in [0.3, 0.4) is 0 Å². The third kappa shape index (κ3) is 5.98. The predicted octanol–water partition coefficient (Wildman–Crippen LogP) is 4.57. The third-order valence-corrected chi connectivity index (χ3v) is 4.62. The van der Waals surface area contributed by atoms with Crippen LogP contribution in [0.4, 0.5) is 0 Å². The fourth-order valence-electron chi connectivity index (χ4n) is 3.08. The molecule has 0 aromatic heterocycles. The Balaban J connectivity index is 3.15. The maximum absolute atomic E-state index is 12.2. The zero-order chi connectivity index (χ0) is 17.6. The van der Waals surface area contributed by atoms with E-state index >= 15 is 0 Å². The zero-order valence-corrected chi connectivity index (χ0v) is 15.4. The second kappa shape index (κ2) is 9.07. The van der Waals surface area contributed by atoms with Crippen molar-refractivity contribution in [2.24, 2.45) is 11.8 Å². The van der Waals surface area contributed by atoms with Crippen LogP contribution in [-0.4, -0.2) is 23.3 Å².